The van der Waals surface area contributed by atoms with Crippen molar-refractivity contribution in [1.29, 1.82) is 0 Å². The van der Waals surface area contributed by atoms with Crippen LogP contribution in [0.15, 0.2) is 55.0 Å². The molecule has 3 aromatic rings. The summed E-state index contributed by atoms with van der Waals surface area (Å²) in [6.45, 7) is 0. The van der Waals surface area contributed by atoms with Gasteiger partial charge in [0.2, 0.25) is 5.91 Å². The van der Waals surface area contributed by atoms with Crippen LogP contribution in [-0.2, 0) is 11.2 Å². The van der Waals surface area contributed by atoms with Crippen molar-refractivity contribution in [3.63, 3.8) is 0 Å². The summed E-state index contributed by atoms with van der Waals surface area (Å²) in [4.78, 5) is 46.4. The minimum absolute atomic E-state index is 0.00743. The van der Waals surface area contributed by atoms with Crippen molar-refractivity contribution in [3.05, 3.63) is 82.6 Å². The number of imide groups is 1. The lowest BCUT2D eigenvalue weighted by Gasteiger charge is -2.25. The van der Waals surface area contributed by atoms with Crippen molar-refractivity contribution in [2.45, 2.75) is 12.5 Å². The van der Waals surface area contributed by atoms with Gasteiger partial charge >= 0.3 is 0 Å². The highest BCUT2D eigenvalue weighted by molar-refractivity contribution is 6.30. The Morgan fingerprint density at radius 2 is 1.86 bits per heavy atom. The van der Waals surface area contributed by atoms with Crippen LogP contribution < -0.4 is 5.32 Å². The molecule has 9 heteroatoms. The summed E-state index contributed by atoms with van der Waals surface area (Å²) in [5.41, 5.74) is 0.874. The molecule has 1 aliphatic rings. The number of benzene rings is 2. The number of aromatic nitrogens is 2. The molecule has 1 aromatic heterocycles. The third-order valence-corrected chi connectivity index (χ3v) is 4.83. The minimum Gasteiger partial charge on any atom is -0.348 e. The van der Waals surface area contributed by atoms with Gasteiger partial charge in [-0.05, 0) is 30.3 Å². The first-order valence-electron chi connectivity index (χ1n) is 8.66. The van der Waals surface area contributed by atoms with Crippen LogP contribution in [0.2, 0.25) is 5.02 Å². The van der Waals surface area contributed by atoms with Gasteiger partial charge in [-0.3, -0.25) is 19.3 Å². The number of carbonyl (C=O) groups is 3. The van der Waals surface area contributed by atoms with E-state index in [4.69, 9.17) is 11.6 Å². The number of hydrogen-bond acceptors (Lipinski definition) is 4. The standard InChI is InChI=1S/C20H14ClFN4O3/c21-11-5-6-16(15(22)7-11)25-18(27)17(8-12-9-23-10-24-12)26-19(28)13-3-1-2-4-14(13)20(26)29/h1-7,9-10,17H,8H2,(H,23,24)(H,25,27). The summed E-state index contributed by atoms with van der Waals surface area (Å²) in [5.74, 6) is -2.60. The van der Waals surface area contributed by atoms with Crippen molar-refractivity contribution in [1.82, 2.24) is 14.9 Å². The Balaban J connectivity index is 1.68. The number of anilines is 1. The van der Waals surface area contributed by atoms with E-state index in [1.807, 2.05) is 0 Å². The first-order chi connectivity index (χ1) is 14.0. The Kier molecular flexibility index (Phi) is 4.85. The number of rotatable bonds is 5. The first-order valence-corrected chi connectivity index (χ1v) is 9.03. The van der Waals surface area contributed by atoms with Crippen LogP contribution in [0.4, 0.5) is 10.1 Å². The number of hydrogen-bond donors (Lipinski definition) is 2. The second-order valence-electron chi connectivity index (χ2n) is 6.44. The fraction of sp³-hybridized carbons (Fsp3) is 0.100. The molecule has 0 saturated carbocycles. The Labute approximate surface area is 169 Å². The maximum absolute atomic E-state index is 14.1. The molecule has 0 aliphatic carbocycles. The number of fused-ring (bicyclic) bond motifs is 1. The molecule has 1 unspecified atom stereocenters. The van der Waals surface area contributed by atoms with Crippen LogP contribution in [0.1, 0.15) is 26.4 Å². The van der Waals surface area contributed by atoms with Crippen molar-refractivity contribution < 1.29 is 18.8 Å². The number of amides is 3. The van der Waals surface area contributed by atoms with E-state index < -0.39 is 29.6 Å². The molecule has 7 nitrogen and oxygen atoms in total. The van der Waals surface area contributed by atoms with E-state index in [2.05, 4.69) is 15.3 Å². The van der Waals surface area contributed by atoms with Crippen molar-refractivity contribution >= 4 is 35.0 Å². The zero-order chi connectivity index (χ0) is 20.5. The van der Waals surface area contributed by atoms with Gasteiger partial charge in [0.1, 0.15) is 11.9 Å². The average molecular weight is 413 g/mol. The van der Waals surface area contributed by atoms with Crippen LogP contribution in [0, 0.1) is 5.82 Å². The fourth-order valence-electron chi connectivity index (χ4n) is 3.20. The molecule has 2 aromatic carbocycles. The third-order valence-electron chi connectivity index (χ3n) is 4.60. The zero-order valence-electron chi connectivity index (χ0n) is 14.9. The second-order valence-corrected chi connectivity index (χ2v) is 6.87. The molecule has 4 rings (SSSR count). The predicted molar refractivity (Wildman–Crippen MR) is 103 cm³/mol. The molecule has 3 amide bonds. The van der Waals surface area contributed by atoms with Gasteiger partial charge in [0.15, 0.2) is 0 Å². The highest BCUT2D eigenvalue weighted by Crippen LogP contribution is 2.27. The first kappa shape index (κ1) is 18.8. The number of halogens is 2. The average Bonchev–Trinajstić information content (AvgIpc) is 3.30. The largest absolute Gasteiger partial charge is 0.348 e. The van der Waals surface area contributed by atoms with E-state index in [0.29, 0.717) is 5.69 Å². The normalized spacial score (nSPS) is 14.1. The molecule has 0 saturated heterocycles. The number of carbonyl (C=O) groups excluding carboxylic acids is 3. The van der Waals surface area contributed by atoms with Crippen molar-refractivity contribution in [2.75, 3.05) is 5.32 Å². The molecular weight excluding hydrogens is 399 g/mol. The Morgan fingerprint density at radius 3 is 2.45 bits per heavy atom. The molecule has 0 bridgehead atoms. The van der Waals surface area contributed by atoms with E-state index in [9.17, 15) is 18.8 Å². The predicted octanol–water partition coefficient (Wildman–Crippen LogP) is 3.05. The highest BCUT2D eigenvalue weighted by atomic mass is 35.5. The van der Waals surface area contributed by atoms with Crippen LogP contribution in [0.3, 0.4) is 0 Å². The third kappa shape index (κ3) is 3.50. The Morgan fingerprint density at radius 1 is 1.17 bits per heavy atom. The SMILES string of the molecule is O=C(Nc1ccc(Cl)cc1F)C(Cc1cnc[nH]1)N1C(=O)c2ccccc2C1=O. The van der Waals surface area contributed by atoms with E-state index in [1.165, 1.54) is 36.8 Å². The Bertz CT molecular complexity index is 1080. The summed E-state index contributed by atoms with van der Waals surface area (Å²) >= 11 is 5.74. The van der Waals surface area contributed by atoms with Crippen molar-refractivity contribution in [2.24, 2.45) is 0 Å². The summed E-state index contributed by atoms with van der Waals surface area (Å²) in [6, 6.07) is 8.92. The van der Waals surface area contributed by atoms with E-state index in [1.54, 1.807) is 12.1 Å². The second kappa shape index (κ2) is 7.48. The van der Waals surface area contributed by atoms with E-state index >= 15 is 0 Å². The lowest BCUT2D eigenvalue weighted by molar-refractivity contribution is -0.120. The maximum Gasteiger partial charge on any atom is 0.262 e. The van der Waals surface area contributed by atoms with Crippen LogP contribution >= 0.6 is 11.6 Å². The number of imidazole rings is 1. The lowest BCUT2D eigenvalue weighted by atomic mass is 10.1. The number of aromatic amines is 1. The topological polar surface area (TPSA) is 95.2 Å². The van der Waals surface area contributed by atoms with Crippen molar-refractivity contribution in [3.8, 4) is 0 Å². The molecule has 29 heavy (non-hydrogen) atoms. The monoisotopic (exact) mass is 412 g/mol. The van der Waals surface area contributed by atoms with Gasteiger partial charge in [-0.1, -0.05) is 23.7 Å². The molecule has 0 spiro atoms. The smallest absolute Gasteiger partial charge is 0.262 e. The quantitative estimate of drug-likeness (QED) is 0.630. The summed E-state index contributed by atoms with van der Waals surface area (Å²) in [6.07, 6.45) is 2.90. The molecule has 146 valence electrons. The van der Waals surface area contributed by atoms with Crippen LogP contribution in [-0.4, -0.2) is 38.6 Å². The molecule has 0 radical (unpaired) electrons. The number of nitrogens with zero attached hydrogens (tertiary/aromatic N) is 2. The van der Waals surface area contributed by atoms with Crippen LogP contribution in [0.25, 0.3) is 0 Å². The van der Waals surface area contributed by atoms with Gasteiger partial charge in [0.25, 0.3) is 11.8 Å². The van der Waals surface area contributed by atoms with Gasteiger partial charge in [-0.2, -0.15) is 0 Å². The number of nitrogens with one attached hydrogen (secondary N) is 2. The molecule has 1 atom stereocenters. The Hall–Kier alpha value is -3.52. The maximum atomic E-state index is 14.1. The summed E-state index contributed by atoms with van der Waals surface area (Å²) in [7, 11) is 0. The molecule has 2 N–H and O–H groups in total. The molecule has 2 heterocycles. The van der Waals surface area contributed by atoms with E-state index in [0.717, 1.165) is 11.0 Å². The van der Waals surface area contributed by atoms with Gasteiger partial charge in [0, 0.05) is 23.3 Å². The zero-order valence-corrected chi connectivity index (χ0v) is 15.6. The van der Waals surface area contributed by atoms with Gasteiger partial charge in [-0.25, -0.2) is 9.37 Å². The molecular formula is C20H14ClFN4O3. The highest BCUT2D eigenvalue weighted by Gasteiger charge is 2.43. The summed E-state index contributed by atoms with van der Waals surface area (Å²) < 4.78 is 14.1. The van der Waals surface area contributed by atoms with E-state index in [-0.39, 0.29) is 28.3 Å². The van der Waals surface area contributed by atoms with Gasteiger partial charge in [0.05, 0.1) is 23.1 Å². The summed E-state index contributed by atoms with van der Waals surface area (Å²) in [5, 5.41) is 2.62. The minimum atomic E-state index is -1.21. The van der Waals surface area contributed by atoms with Gasteiger partial charge < -0.3 is 10.3 Å². The molecule has 1 aliphatic heterocycles. The van der Waals surface area contributed by atoms with Gasteiger partial charge in [-0.15, -0.1) is 0 Å². The lowest BCUT2D eigenvalue weighted by Crippen LogP contribution is -2.48. The fourth-order valence-corrected chi connectivity index (χ4v) is 3.36. The molecule has 0 fully saturated rings. The van der Waals surface area contributed by atoms with Crippen LogP contribution in [0.5, 0.6) is 0 Å². The number of H-pyrrole nitrogens is 1.